The van der Waals surface area contributed by atoms with Gasteiger partial charge in [-0.05, 0) is 42.5 Å². The first-order valence-electron chi connectivity index (χ1n) is 10.3. The van der Waals surface area contributed by atoms with Crippen LogP contribution in [-0.4, -0.2) is 36.9 Å². The van der Waals surface area contributed by atoms with Gasteiger partial charge in [-0.3, -0.25) is 9.59 Å². The molecule has 2 atom stereocenters. The molecular weight excluding hydrogens is 435 g/mol. The average molecular weight is 459 g/mol. The van der Waals surface area contributed by atoms with Crippen molar-refractivity contribution < 1.29 is 14.3 Å². The van der Waals surface area contributed by atoms with Gasteiger partial charge >= 0.3 is 0 Å². The maximum absolute atomic E-state index is 13.7. The highest BCUT2D eigenvalue weighted by Crippen LogP contribution is 2.40. The first-order chi connectivity index (χ1) is 14.8. The number of hydrogen-bond acceptors (Lipinski definition) is 4. The fourth-order valence-electron chi connectivity index (χ4n) is 4.61. The lowest BCUT2D eigenvalue weighted by atomic mass is 9.91. The third-order valence-electron chi connectivity index (χ3n) is 5.78. The zero-order valence-corrected chi connectivity index (χ0v) is 19.2. The van der Waals surface area contributed by atoms with Crippen LogP contribution in [0.1, 0.15) is 25.8 Å². The average Bonchev–Trinajstić information content (AvgIpc) is 2.99. The van der Waals surface area contributed by atoms with Gasteiger partial charge in [-0.2, -0.15) is 0 Å². The van der Waals surface area contributed by atoms with Crippen LogP contribution in [0.15, 0.2) is 48.2 Å². The number of rotatable bonds is 4. The molecule has 1 fully saturated rings. The smallest absolute Gasteiger partial charge is 0.282 e. The van der Waals surface area contributed by atoms with Crippen molar-refractivity contribution in [1.82, 2.24) is 4.90 Å². The quantitative estimate of drug-likeness (QED) is 0.585. The highest BCUT2D eigenvalue weighted by atomic mass is 35.5. The summed E-state index contributed by atoms with van der Waals surface area (Å²) < 4.78 is 5.52. The van der Waals surface area contributed by atoms with Crippen LogP contribution < -0.4 is 9.64 Å². The Morgan fingerprint density at radius 2 is 1.61 bits per heavy atom. The molecule has 2 aromatic carbocycles. The van der Waals surface area contributed by atoms with Crippen molar-refractivity contribution in [3.8, 4) is 5.75 Å². The Bertz CT molecular complexity index is 1070. The second kappa shape index (κ2) is 8.56. The zero-order valence-electron chi connectivity index (χ0n) is 17.7. The van der Waals surface area contributed by atoms with Gasteiger partial charge in [-0.1, -0.05) is 55.2 Å². The van der Waals surface area contributed by atoms with Crippen LogP contribution in [0.4, 0.5) is 5.69 Å². The molecule has 0 N–H and O–H groups in total. The van der Waals surface area contributed by atoms with E-state index in [-0.39, 0.29) is 10.9 Å². The number of halogens is 2. The Balaban J connectivity index is 1.88. The number of amides is 2. The van der Waals surface area contributed by atoms with E-state index in [9.17, 15) is 9.59 Å². The lowest BCUT2D eigenvalue weighted by Gasteiger charge is -2.37. The summed E-state index contributed by atoms with van der Waals surface area (Å²) in [6.45, 7) is 5.77. The summed E-state index contributed by atoms with van der Waals surface area (Å²) >= 11 is 12.2. The Morgan fingerprint density at radius 3 is 2.26 bits per heavy atom. The minimum atomic E-state index is -0.395. The van der Waals surface area contributed by atoms with Crippen LogP contribution >= 0.6 is 23.2 Å². The number of imide groups is 1. The van der Waals surface area contributed by atoms with Crippen molar-refractivity contribution in [2.75, 3.05) is 25.1 Å². The van der Waals surface area contributed by atoms with Crippen molar-refractivity contribution >= 4 is 46.3 Å². The topological polar surface area (TPSA) is 49.9 Å². The van der Waals surface area contributed by atoms with Gasteiger partial charge in [-0.15, -0.1) is 0 Å². The Labute approximate surface area is 192 Å². The van der Waals surface area contributed by atoms with E-state index in [1.165, 1.54) is 4.90 Å². The van der Waals surface area contributed by atoms with E-state index in [4.69, 9.17) is 27.9 Å². The summed E-state index contributed by atoms with van der Waals surface area (Å²) in [6, 6.07) is 12.0. The van der Waals surface area contributed by atoms with Crippen molar-refractivity contribution in [2.24, 2.45) is 11.8 Å². The molecule has 1 saturated heterocycles. The Morgan fingerprint density at radius 1 is 0.935 bits per heavy atom. The summed E-state index contributed by atoms with van der Waals surface area (Å²) in [5.74, 6) is 0.624. The molecular formula is C24H24Cl2N2O3. The molecule has 2 unspecified atom stereocenters. The standard InChI is InChI=1S/C24H24Cl2N2O3/c1-14-10-15(2)13-27(12-14)22-21(17-6-4-5-7-20(17)31-3)23(29)28(24(22)30)16-8-9-18(25)19(26)11-16/h4-9,11,14-15H,10,12-13H2,1-3H3. The highest BCUT2D eigenvalue weighted by molar-refractivity contribution is 6.46. The number of anilines is 1. The molecule has 2 aliphatic rings. The van der Waals surface area contributed by atoms with E-state index in [1.54, 1.807) is 31.4 Å². The molecule has 2 aromatic rings. The number of hydrogen-bond donors (Lipinski definition) is 0. The first kappa shape index (κ1) is 21.7. The van der Waals surface area contributed by atoms with Crippen molar-refractivity contribution in [2.45, 2.75) is 20.3 Å². The highest BCUT2D eigenvalue weighted by Gasteiger charge is 2.44. The molecule has 0 bridgehead atoms. The SMILES string of the molecule is COc1ccccc1C1=C(N2CC(C)CC(C)C2)C(=O)N(c2ccc(Cl)c(Cl)c2)C1=O. The number of carbonyl (C=O) groups is 2. The van der Waals surface area contributed by atoms with Gasteiger partial charge in [0.25, 0.3) is 11.8 Å². The normalized spacial score (nSPS) is 21.8. The van der Waals surface area contributed by atoms with E-state index in [2.05, 4.69) is 18.7 Å². The number of para-hydroxylation sites is 1. The van der Waals surface area contributed by atoms with Crippen LogP contribution in [0.5, 0.6) is 5.75 Å². The number of piperidine rings is 1. The van der Waals surface area contributed by atoms with Crippen molar-refractivity contribution in [3.63, 3.8) is 0 Å². The summed E-state index contributed by atoms with van der Waals surface area (Å²) in [7, 11) is 1.56. The Kier molecular flexibility index (Phi) is 6.00. The van der Waals surface area contributed by atoms with E-state index in [0.717, 1.165) is 6.42 Å². The molecule has 2 heterocycles. The van der Waals surface area contributed by atoms with E-state index in [1.807, 2.05) is 18.2 Å². The maximum atomic E-state index is 13.7. The number of carbonyl (C=O) groups excluding carboxylic acids is 2. The predicted octanol–water partition coefficient (Wildman–Crippen LogP) is 5.26. The van der Waals surface area contributed by atoms with Gasteiger partial charge in [-0.25, -0.2) is 4.90 Å². The Hall–Kier alpha value is -2.50. The lowest BCUT2D eigenvalue weighted by Crippen LogP contribution is -2.42. The summed E-state index contributed by atoms with van der Waals surface area (Å²) in [6.07, 6.45) is 1.09. The van der Waals surface area contributed by atoms with Crippen molar-refractivity contribution in [3.05, 3.63) is 63.8 Å². The molecule has 0 saturated carbocycles. The number of likely N-dealkylation sites (tertiary alicyclic amines) is 1. The molecule has 2 amide bonds. The number of benzene rings is 2. The molecule has 5 nitrogen and oxygen atoms in total. The third kappa shape index (κ3) is 3.92. The van der Waals surface area contributed by atoms with Gasteiger partial charge in [0.05, 0.1) is 28.4 Å². The van der Waals surface area contributed by atoms with Gasteiger partial charge < -0.3 is 9.64 Å². The van der Waals surface area contributed by atoms with Gasteiger partial charge in [0, 0.05) is 18.7 Å². The number of methoxy groups -OCH3 is 1. The summed E-state index contributed by atoms with van der Waals surface area (Å²) in [5.41, 5.74) is 1.77. The van der Waals surface area contributed by atoms with Crippen LogP contribution in [-0.2, 0) is 9.59 Å². The lowest BCUT2D eigenvalue weighted by molar-refractivity contribution is -0.120. The van der Waals surface area contributed by atoms with Crippen LogP contribution in [0.2, 0.25) is 10.0 Å². The monoisotopic (exact) mass is 458 g/mol. The van der Waals surface area contributed by atoms with Crippen molar-refractivity contribution in [1.29, 1.82) is 0 Å². The third-order valence-corrected chi connectivity index (χ3v) is 6.52. The second-order valence-electron chi connectivity index (χ2n) is 8.32. The van der Waals surface area contributed by atoms with E-state index >= 15 is 0 Å². The maximum Gasteiger partial charge on any atom is 0.282 e. The van der Waals surface area contributed by atoms with Crippen LogP contribution in [0.25, 0.3) is 5.57 Å². The predicted molar refractivity (Wildman–Crippen MR) is 123 cm³/mol. The molecule has 0 spiro atoms. The van der Waals surface area contributed by atoms with E-state index < -0.39 is 5.91 Å². The van der Waals surface area contributed by atoms with Gasteiger partial charge in [0.15, 0.2) is 0 Å². The van der Waals surface area contributed by atoms with Gasteiger partial charge in [0.2, 0.25) is 0 Å². The zero-order chi connectivity index (χ0) is 22.3. The fourth-order valence-corrected chi connectivity index (χ4v) is 4.90. The van der Waals surface area contributed by atoms with Gasteiger partial charge in [0.1, 0.15) is 11.4 Å². The molecule has 31 heavy (non-hydrogen) atoms. The molecule has 7 heteroatoms. The second-order valence-corrected chi connectivity index (χ2v) is 9.13. The minimum Gasteiger partial charge on any atom is -0.496 e. The molecule has 162 valence electrons. The number of nitrogens with zero attached hydrogens (tertiary/aromatic N) is 2. The fraction of sp³-hybridized carbons (Fsp3) is 0.333. The minimum absolute atomic E-state index is 0.285. The summed E-state index contributed by atoms with van der Waals surface area (Å²) in [5, 5.41) is 0.647. The summed E-state index contributed by atoms with van der Waals surface area (Å²) in [4.78, 5) is 30.6. The van der Waals surface area contributed by atoms with E-state index in [0.29, 0.717) is 58.2 Å². The van der Waals surface area contributed by atoms with Crippen LogP contribution in [0.3, 0.4) is 0 Å². The van der Waals surface area contributed by atoms with Crippen LogP contribution in [0, 0.1) is 11.8 Å². The first-order valence-corrected chi connectivity index (χ1v) is 11.0. The molecule has 0 radical (unpaired) electrons. The molecule has 2 aliphatic heterocycles. The molecule has 0 aliphatic carbocycles. The molecule has 4 rings (SSSR count). The largest absolute Gasteiger partial charge is 0.496 e. The number of ether oxygens (including phenoxy) is 1. The molecule has 0 aromatic heterocycles.